The monoisotopic (exact) mass is 209 g/mol. The van der Waals surface area contributed by atoms with Crippen molar-refractivity contribution in [1.82, 2.24) is 5.32 Å². The highest BCUT2D eigenvalue weighted by atomic mass is 16.4. The molecule has 3 nitrogen and oxygen atoms in total. The zero-order chi connectivity index (χ0) is 11.3. The maximum absolute atomic E-state index is 11.4. The first kappa shape index (κ1) is 12.0. The van der Waals surface area contributed by atoms with E-state index in [-0.39, 0.29) is 0 Å². The molecule has 2 N–H and O–H groups in total. The fraction of sp³-hybridized carbons (Fsp3) is 0.583. The fourth-order valence-corrected chi connectivity index (χ4v) is 2.18. The van der Waals surface area contributed by atoms with Crippen molar-refractivity contribution < 1.29 is 9.90 Å². The lowest BCUT2D eigenvalue weighted by Crippen LogP contribution is -2.34. The van der Waals surface area contributed by atoms with Gasteiger partial charge < -0.3 is 10.4 Å². The molecule has 1 aliphatic heterocycles. The zero-order valence-corrected chi connectivity index (χ0v) is 9.25. The minimum Gasteiger partial charge on any atom is -0.481 e. The van der Waals surface area contributed by atoms with Gasteiger partial charge in [0.1, 0.15) is 5.41 Å². The van der Waals surface area contributed by atoms with E-state index in [4.69, 9.17) is 0 Å². The Hall–Kier alpha value is -1.09. The second-order valence-corrected chi connectivity index (χ2v) is 3.99. The highest BCUT2D eigenvalue weighted by Gasteiger charge is 2.44. The number of carboxylic acids is 1. The van der Waals surface area contributed by atoms with Crippen molar-refractivity contribution in [3.63, 3.8) is 0 Å². The Labute approximate surface area is 90.9 Å². The molecule has 3 heteroatoms. The summed E-state index contributed by atoms with van der Waals surface area (Å²) in [4.78, 5) is 11.4. The lowest BCUT2D eigenvalue weighted by atomic mass is 9.78. The van der Waals surface area contributed by atoms with Crippen LogP contribution in [-0.4, -0.2) is 24.2 Å². The van der Waals surface area contributed by atoms with Gasteiger partial charge in [-0.3, -0.25) is 4.79 Å². The van der Waals surface area contributed by atoms with Crippen LogP contribution in [0.3, 0.4) is 0 Å². The quantitative estimate of drug-likeness (QED) is 0.680. The van der Waals surface area contributed by atoms with E-state index >= 15 is 0 Å². The summed E-state index contributed by atoms with van der Waals surface area (Å²) in [6.45, 7) is 6.92. The van der Waals surface area contributed by atoms with E-state index in [1.54, 1.807) is 6.08 Å². The molecule has 15 heavy (non-hydrogen) atoms. The van der Waals surface area contributed by atoms with Crippen LogP contribution in [0.2, 0.25) is 0 Å². The van der Waals surface area contributed by atoms with Crippen LogP contribution in [0.25, 0.3) is 0 Å². The van der Waals surface area contributed by atoms with Crippen LogP contribution in [0.5, 0.6) is 0 Å². The van der Waals surface area contributed by atoms with Crippen molar-refractivity contribution in [1.29, 1.82) is 0 Å². The first-order valence-electron chi connectivity index (χ1n) is 5.42. The van der Waals surface area contributed by atoms with E-state index in [0.29, 0.717) is 19.5 Å². The summed E-state index contributed by atoms with van der Waals surface area (Å²) < 4.78 is 0. The topological polar surface area (TPSA) is 49.3 Å². The number of carbonyl (C=O) groups is 1. The van der Waals surface area contributed by atoms with Crippen LogP contribution in [0, 0.1) is 5.41 Å². The van der Waals surface area contributed by atoms with Gasteiger partial charge in [0.15, 0.2) is 0 Å². The van der Waals surface area contributed by atoms with Crippen molar-refractivity contribution in [2.75, 3.05) is 13.1 Å². The number of hydrogen-bond acceptors (Lipinski definition) is 2. The predicted molar refractivity (Wildman–Crippen MR) is 60.7 cm³/mol. The van der Waals surface area contributed by atoms with E-state index in [9.17, 15) is 9.90 Å². The highest BCUT2D eigenvalue weighted by Crippen LogP contribution is 2.36. The van der Waals surface area contributed by atoms with Gasteiger partial charge in [-0.2, -0.15) is 0 Å². The van der Waals surface area contributed by atoms with E-state index in [0.717, 1.165) is 18.4 Å². The molecular formula is C12H19NO2. The van der Waals surface area contributed by atoms with Crippen LogP contribution < -0.4 is 5.32 Å². The molecule has 0 aromatic carbocycles. The van der Waals surface area contributed by atoms with Gasteiger partial charge in [0.2, 0.25) is 0 Å². The maximum atomic E-state index is 11.4. The van der Waals surface area contributed by atoms with Gasteiger partial charge in [0.05, 0.1) is 0 Å². The lowest BCUT2D eigenvalue weighted by Gasteiger charge is -2.24. The largest absolute Gasteiger partial charge is 0.481 e. The molecule has 0 saturated carbocycles. The summed E-state index contributed by atoms with van der Waals surface area (Å²) in [7, 11) is 0. The van der Waals surface area contributed by atoms with Gasteiger partial charge in [-0.25, -0.2) is 0 Å². The first-order chi connectivity index (χ1) is 7.17. The van der Waals surface area contributed by atoms with E-state index in [2.05, 4.69) is 11.9 Å². The minimum absolute atomic E-state index is 0.555. The molecule has 1 saturated heterocycles. The summed E-state index contributed by atoms with van der Waals surface area (Å²) in [5.41, 5.74) is 0.342. The van der Waals surface area contributed by atoms with Crippen molar-refractivity contribution in [2.24, 2.45) is 5.41 Å². The number of rotatable bonds is 5. The Bertz CT molecular complexity index is 283. The van der Waals surface area contributed by atoms with Gasteiger partial charge in [-0.05, 0) is 18.4 Å². The zero-order valence-electron chi connectivity index (χ0n) is 9.25. The third-order valence-corrected chi connectivity index (χ3v) is 2.97. The minimum atomic E-state index is -0.704. The number of hydrogen-bond donors (Lipinski definition) is 2. The third kappa shape index (κ3) is 2.29. The van der Waals surface area contributed by atoms with Gasteiger partial charge in [-0.15, -0.1) is 6.58 Å². The van der Waals surface area contributed by atoms with Crippen LogP contribution in [0.4, 0.5) is 0 Å². The fourth-order valence-electron chi connectivity index (χ4n) is 2.18. The molecule has 0 bridgehead atoms. The summed E-state index contributed by atoms with van der Waals surface area (Å²) >= 11 is 0. The number of allylic oxidation sites excluding steroid dienone is 2. The van der Waals surface area contributed by atoms with Gasteiger partial charge in [-0.1, -0.05) is 25.5 Å². The molecular weight excluding hydrogens is 190 g/mol. The summed E-state index contributed by atoms with van der Waals surface area (Å²) in [6.07, 6.45) is 6.13. The van der Waals surface area contributed by atoms with Crippen LogP contribution in [0.15, 0.2) is 24.3 Å². The Morgan fingerprint density at radius 3 is 3.00 bits per heavy atom. The number of nitrogens with one attached hydrogen (secondary N) is 1. The molecule has 0 radical (unpaired) electrons. The average Bonchev–Trinajstić information content (AvgIpc) is 2.60. The molecule has 84 valence electrons. The Morgan fingerprint density at radius 1 is 1.73 bits per heavy atom. The van der Waals surface area contributed by atoms with E-state index < -0.39 is 11.4 Å². The SMILES string of the molecule is C=CC/C=C1/CNC[C@]1(CCC)C(=O)O. The normalized spacial score (nSPS) is 28.2. The van der Waals surface area contributed by atoms with Crippen molar-refractivity contribution >= 4 is 5.97 Å². The predicted octanol–water partition coefficient (Wildman–Crippen LogP) is 1.96. The molecule has 0 spiro atoms. The average molecular weight is 209 g/mol. The van der Waals surface area contributed by atoms with E-state index in [1.807, 2.05) is 13.0 Å². The molecule has 0 aromatic rings. The Kier molecular flexibility index (Phi) is 4.09. The molecule has 1 fully saturated rings. The molecule has 0 aromatic heterocycles. The van der Waals surface area contributed by atoms with E-state index in [1.165, 1.54) is 0 Å². The Morgan fingerprint density at radius 2 is 2.47 bits per heavy atom. The molecule has 0 unspecified atom stereocenters. The van der Waals surface area contributed by atoms with Gasteiger partial charge in [0.25, 0.3) is 0 Å². The number of aliphatic carboxylic acids is 1. The molecule has 0 aliphatic carbocycles. The molecule has 0 amide bonds. The van der Waals surface area contributed by atoms with Gasteiger partial charge in [0, 0.05) is 13.1 Å². The summed E-state index contributed by atoms with van der Waals surface area (Å²) in [5, 5.41) is 12.5. The van der Waals surface area contributed by atoms with Crippen molar-refractivity contribution in [3.8, 4) is 0 Å². The molecule has 1 aliphatic rings. The summed E-state index contributed by atoms with van der Waals surface area (Å²) in [5.74, 6) is -0.704. The van der Waals surface area contributed by atoms with Crippen LogP contribution in [0.1, 0.15) is 26.2 Å². The maximum Gasteiger partial charge on any atom is 0.315 e. The highest BCUT2D eigenvalue weighted by molar-refractivity contribution is 5.80. The van der Waals surface area contributed by atoms with Crippen molar-refractivity contribution in [2.45, 2.75) is 26.2 Å². The molecule has 1 rings (SSSR count). The standard InChI is InChI=1S/C12H19NO2/c1-3-5-6-10-8-13-9-12(10,7-4-2)11(14)15/h3,6,13H,1,4-5,7-9H2,2H3,(H,14,15)/b10-6-/t12-/m0/s1. The summed E-state index contributed by atoms with van der Waals surface area (Å²) in [6, 6.07) is 0. The third-order valence-electron chi connectivity index (χ3n) is 2.97. The van der Waals surface area contributed by atoms with Gasteiger partial charge >= 0.3 is 5.97 Å². The molecule has 1 atom stereocenters. The Balaban J connectivity index is 2.94. The second-order valence-electron chi connectivity index (χ2n) is 3.99. The first-order valence-corrected chi connectivity index (χ1v) is 5.42. The van der Waals surface area contributed by atoms with Crippen molar-refractivity contribution in [3.05, 3.63) is 24.3 Å². The molecule has 1 heterocycles. The smallest absolute Gasteiger partial charge is 0.315 e. The lowest BCUT2D eigenvalue weighted by molar-refractivity contribution is -0.146. The number of carboxylic acid groups (broad SMARTS) is 1. The van der Waals surface area contributed by atoms with Crippen LogP contribution in [-0.2, 0) is 4.79 Å². The second kappa shape index (κ2) is 5.12. The van der Waals surface area contributed by atoms with Crippen LogP contribution >= 0.6 is 0 Å².